The summed E-state index contributed by atoms with van der Waals surface area (Å²) in [6.07, 6.45) is 5.33. The van der Waals surface area contributed by atoms with Gasteiger partial charge in [0, 0.05) is 25.0 Å². The number of halogens is 1. The number of nitrogens with zero attached hydrogens (tertiary/aromatic N) is 2. The lowest BCUT2D eigenvalue weighted by atomic mass is 9.83. The third-order valence-corrected chi connectivity index (χ3v) is 5.05. The van der Waals surface area contributed by atoms with Crippen molar-refractivity contribution in [3.05, 3.63) is 53.3 Å². The van der Waals surface area contributed by atoms with E-state index in [1.54, 1.807) is 19.4 Å². The second-order valence-electron chi connectivity index (χ2n) is 6.39. The van der Waals surface area contributed by atoms with E-state index in [4.69, 9.17) is 17.0 Å². The van der Waals surface area contributed by atoms with Crippen molar-refractivity contribution in [1.29, 1.82) is 5.41 Å². The highest BCUT2D eigenvalue weighted by atomic mass is 35.5. The Labute approximate surface area is 145 Å². The number of aromatic nitrogens is 1. The van der Waals surface area contributed by atoms with Crippen LogP contribution in [0.1, 0.15) is 18.4 Å². The number of hydrogen-bond acceptors (Lipinski definition) is 3. The van der Waals surface area contributed by atoms with E-state index < -0.39 is 5.54 Å². The summed E-state index contributed by atoms with van der Waals surface area (Å²) in [6, 6.07) is 9.73. The van der Waals surface area contributed by atoms with Crippen LogP contribution in [0.15, 0.2) is 42.7 Å². The number of pyridine rings is 1. The van der Waals surface area contributed by atoms with Gasteiger partial charge in [0.2, 0.25) is 0 Å². The smallest absolute Gasteiger partial charge is 0.259 e. The molecule has 1 aliphatic heterocycles. The fourth-order valence-corrected chi connectivity index (χ4v) is 3.60. The molecule has 0 unspecified atom stereocenters. The van der Waals surface area contributed by atoms with Gasteiger partial charge in [0.25, 0.3) is 5.91 Å². The number of carbonyl (C=O) groups excluding carboxylic acids is 1. The van der Waals surface area contributed by atoms with Crippen molar-refractivity contribution in [2.45, 2.75) is 18.4 Å². The number of nitrogens with one attached hydrogen (secondary N) is 2. The highest BCUT2D eigenvalue weighted by molar-refractivity contribution is 6.30. The average molecular weight is 341 g/mol. The number of guanidine groups is 1. The van der Waals surface area contributed by atoms with E-state index >= 15 is 0 Å². The monoisotopic (exact) mass is 340 g/mol. The fraction of sp³-hybridized carbons (Fsp3) is 0.278. The number of rotatable bonds is 3. The molecule has 1 aromatic carbocycles. The van der Waals surface area contributed by atoms with E-state index in [9.17, 15) is 4.79 Å². The van der Waals surface area contributed by atoms with Crippen LogP contribution in [-0.4, -0.2) is 28.8 Å². The summed E-state index contributed by atoms with van der Waals surface area (Å²) in [5.74, 6) is 0.320. The first-order chi connectivity index (χ1) is 11.5. The first-order valence-electron chi connectivity index (χ1n) is 7.89. The van der Waals surface area contributed by atoms with Gasteiger partial charge in [0.15, 0.2) is 5.96 Å². The molecule has 0 bridgehead atoms. The molecule has 122 valence electrons. The number of hydrogen-bond donors (Lipinski definition) is 2. The molecular formula is C18H17ClN4O. The molecule has 2 aromatic rings. The van der Waals surface area contributed by atoms with E-state index in [0.717, 1.165) is 29.5 Å². The summed E-state index contributed by atoms with van der Waals surface area (Å²) < 4.78 is 0. The highest BCUT2D eigenvalue weighted by Gasteiger charge is 2.58. The molecule has 6 heteroatoms. The normalized spacial score (nSPS) is 23.5. The predicted molar refractivity (Wildman–Crippen MR) is 92.7 cm³/mol. The molecular weight excluding hydrogens is 324 g/mol. The van der Waals surface area contributed by atoms with Crippen molar-refractivity contribution in [2.24, 2.45) is 5.92 Å². The maximum absolute atomic E-state index is 12.9. The second-order valence-corrected chi connectivity index (χ2v) is 6.83. The Hall–Kier alpha value is -2.40. The zero-order valence-corrected chi connectivity index (χ0v) is 14.0. The first-order valence-corrected chi connectivity index (χ1v) is 8.26. The van der Waals surface area contributed by atoms with Gasteiger partial charge in [-0.05, 0) is 42.0 Å². The van der Waals surface area contributed by atoms with Crippen LogP contribution in [0.25, 0.3) is 11.1 Å². The average Bonchev–Trinajstić information content (AvgIpc) is 3.40. The molecule has 24 heavy (non-hydrogen) atoms. The van der Waals surface area contributed by atoms with E-state index in [1.807, 2.05) is 30.3 Å². The molecule has 1 atom stereocenters. The first kappa shape index (κ1) is 15.1. The largest absolute Gasteiger partial charge is 0.338 e. The van der Waals surface area contributed by atoms with Crippen LogP contribution >= 0.6 is 11.6 Å². The van der Waals surface area contributed by atoms with Crippen molar-refractivity contribution >= 4 is 23.5 Å². The molecule has 2 aliphatic rings. The van der Waals surface area contributed by atoms with Gasteiger partial charge in [-0.3, -0.25) is 20.1 Å². The molecule has 0 radical (unpaired) electrons. The number of amides is 1. The third kappa shape index (κ3) is 2.19. The topological polar surface area (TPSA) is 69.1 Å². The maximum Gasteiger partial charge on any atom is 0.259 e. The van der Waals surface area contributed by atoms with Gasteiger partial charge in [0.05, 0.1) is 5.02 Å². The van der Waals surface area contributed by atoms with Gasteiger partial charge in [-0.2, -0.15) is 0 Å². The summed E-state index contributed by atoms with van der Waals surface area (Å²) in [6.45, 7) is 0. The molecule has 4 rings (SSSR count). The van der Waals surface area contributed by atoms with Gasteiger partial charge >= 0.3 is 0 Å². The summed E-state index contributed by atoms with van der Waals surface area (Å²) in [4.78, 5) is 18.4. The third-order valence-electron chi connectivity index (χ3n) is 4.84. The van der Waals surface area contributed by atoms with Gasteiger partial charge in [-0.25, -0.2) is 0 Å². The van der Waals surface area contributed by atoms with Crippen LogP contribution in [0.3, 0.4) is 0 Å². The van der Waals surface area contributed by atoms with Gasteiger partial charge < -0.3 is 5.32 Å². The Morgan fingerprint density at radius 2 is 2.08 bits per heavy atom. The molecule has 1 saturated carbocycles. The quantitative estimate of drug-likeness (QED) is 0.902. The lowest BCUT2D eigenvalue weighted by Gasteiger charge is -2.28. The zero-order valence-electron chi connectivity index (χ0n) is 13.2. The maximum atomic E-state index is 12.9. The van der Waals surface area contributed by atoms with Gasteiger partial charge in [0.1, 0.15) is 5.54 Å². The number of carbonyl (C=O) groups is 1. The van der Waals surface area contributed by atoms with E-state index in [2.05, 4.69) is 10.3 Å². The van der Waals surface area contributed by atoms with Crippen LogP contribution in [0.5, 0.6) is 0 Å². The van der Waals surface area contributed by atoms with Crippen LogP contribution < -0.4 is 5.32 Å². The summed E-state index contributed by atoms with van der Waals surface area (Å²) in [7, 11) is 1.65. The SMILES string of the molecule is CN1C(=N)N[C@@](c2cccc(-c3cncc(Cl)c3)c2)(C2CC2)C1=O. The highest BCUT2D eigenvalue weighted by Crippen LogP contribution is 2.49. The van der Waals surface area contributed by atoms with Crippen LogP contribution in [-0.2, 0) is 10.3 Å². The van der Waals surface area contributed by atoms with Crippen molar-refractivity contribution in [1.82, 2.24) is 15.2 Å². The van der Waals surface area contributed by atoms with Crippen molar-refractivity contribution < 1.29 is 4.79 Å². The van der Waals surface area contributed by atoms with Crippen LogP contribution in [0.4, 0.5) is 0 Å². The summed E-state index contributed by atoms with van der Waals surface area (Å²) >= 11 is 6.05. The molecule has 2 fully saturated rings. The molecule has 1 aliphatic carbocycles. The number of benzene rings is 1. The number of likely N-dealkylation sites (N-methyl/N-ethyl adjacent to an activating group) is 1. The molecule has 2 N–H and O–H groups in total. The van der Waals surface area contributed by atoms with Crippen LogP contribution in [0.2, 0.25) is 5.02 Å². The predicted octanol–water partition coefficient (Wildman–Crippen LogP) is 3.00. The lowest BCUT2D eigenvalue weighted by molar-refractivity contribution is -0.131. The second kappa shape index (κ2) is 5.31. The summed E-state index contributed by atoms with van der Waals surface area (Å²) in [5.41, 5.74) is 1.93. The fourth-order valence-electron chi connectivity index (χ4n) is 3.43. The molecule has 2 heterocycles. The Balaban J connectivity index is 1.82. The molecule has 1 saturated heterocycles. The van der Waals surface area contributed by atoms with Gasteiger partial charge in [-0.15, -0.1) is 0 Å². The Morgan fingerprint density at radius 1 is 1.29 bits per heavy atom. The van der Waals surface area contributed by atoms with Gasteiger partial charge in [-0.1, -0.05) is 29.8 Å². The minimum absolute atomic E-state index is 0.0589. The van der Waals surface area contributed by atoms with Crippen molar-refractivity contribution in [3.8, 4) is 11.1 Å². The Bertz CT molecular complexity index is 848. The summed E-state index contributed by atoms with van der Waals surface area (Å²) in [5, 5.41) is 11.8. The molecule has 1 amide bonds. The van der Waals surface area contributed by atoms with E-state index in [-0.39, 0.29) is 17.8 Å². The lowest BCUT2D eigenvalue weighted by Crippen LogP contribution is -2.46. The van der Waals surface area contributed by atoms with E-state index in [0.29, 0.717) is 5.02 Å². The van der Waals surface area contributed by atoms with E-state index in [1.165, 1.54) is 4.90 Å². The molecule has 1 aromatic heterocycles. The standard InChI is InChI=1S/C18H17ClN4O/c1-23-16(24)18(13-5-6-13,22-17(23)20)14-4-2-3-11(7-14)12-8-15(19)10-21-9-12/h2-4,7-10,13H,5-6H2,1H3,(H2,20,22)/t18-/m1/s1. The molecule has 5 nitrogen and oxygen atoms in total. The van der Waals surface area contributed by atoms with Crippen molar-refractivity contribution in [2.75, 3.05) is 7.05 Å². The van der Waals surface area contributed by atoms with Crippen molar-refractivity contribution in [3.63, 3.8) is 0 Å². The Kier molecular flexibility index (Phi) is 3.35. The zero-order chi connectivity index (χ0) is 16.9. The Morgan fingerprint density at radius 3 is 2.71 bits per heavy atom. The van der Waals surface area contributed by atoms with Crippen LogP contribution in [0, 0.1) is 11.3 Å². The minimum Gasteiger partial charge on any atom is -0.338 e. The minimum atomic E-state index is -0.826. The molecule has 0 spiro atoms.